The number of nitrogens with zero attached hydrogens (tertiary/aromatic N) is 4. The number of aryl methyl sites for hydroxylation is 2. The molecule has 0 aliphatic carbocycles. The van der Waals surface area contributed by atoms with Gasteiger partial charge in [-0.2, -0.15) is 5.26 Å². The zero-order chi connectivity index (χ0) is 20.3. The molecule has 0 radical (unpaired) electrons. The third-order valence-electron chi connectivity index (χ3n) is 3.68. The van der Waals surface area contributed by atoms with Crippen molar-refractivity contribution >= 4 is 15.7 Å². The van der Waals surface area contributed by atoms with E-state index in [1.807, 2.05) is 26.0 Å². The van der Waals surface area contributed by atoms with Gasteiger partial charge in [-0.05, 0) is 43.7 Å². The summed E-state index contributed by atoms with van der Waals surface area (Å²) < 4.78 is 31.6. The second-order valence-corrected chi connectivity index (χ2v) is 7.98. The first-order chi connectivity index (χ1) is 13.2. The van der Waals surface area contributed by atoms with Crippen LogP contribution in [0.3, 0.4) is 0 Å². The Morgan fingerprint density at radius 2 is 1.89 bits per heavy atom. The Morgan fingerprint density at radius 3 is 2.57 bits per heavy atom. The Kier molecular flexibility index (Phi) is 5.24. The molecular weight excluding hydrogens is 378 g/mol. The van der Waals surface area contributed by atoms with E-state index in [0.717, 1.165) is 17.4 Å². The summed E-state index contributed by atoms with van der Waals surface area (Å²) in [5, 5.41) is 9.06. The van der Waals surface area contributed by atoms with E-state index in [2.05, 4.69) is 19.7 Å². The first-order valence-electron chi connectivity index (χ1n) is 8.20. The quantitative estimate of drug-likeness (QED) is 0.705. The Bertz CT molecular complexity index is 1190. The number of ether oxygens (including phenoxy) is 1. The number of anilines is 1. The maximum Gasteiger partial charge on any atom is 0.246 e. The van der Waals surface area contributed by atoms with Crippen LogP contribution in [0.5, 0.6) is 11.8 Å². The van der Waals surface area contributed by atoms with Crippen molar-refractivity contribution < 1.29 is 13.2 Å². The van der Waals surface area contributed by atoms with E-state index in [4.69, 9.17) is 10.00 Å². The van der Waals surface area contributed by atoms with E-state index < -0.39 is 10.0 Å². The second-order valence-electron chi connectivity index (χ2n) is 6.23. The smallest absolute Gasteiger partial charge is 0.246 e. The summed E-state index contributed by atoms with van der Waals surface area (Å²) in [6.45, 7) is 3.75. The number of aromatic nitrogens is 3. The Hall–Kier alpha value is -3.51. The Morgan fingerprint density at radius 1 is 1.11 bits per heavy atom. The van der Waals surface area contributed by atoms with E-state index >= 15 is 0 Å². The fourth-order valence-corrected chi connectivity index (χ4v) is 3.05. The molecule has 0 saturated heterocycles. The molecule has 0 aromatic carbocycles. The molecule has 0 unspecified atom stereocenters. The van der Waals surface area contributed by atoms with E-state index in [0.29, 0.717) is 22.7 Å². The van der Waals surface area contributed by atoms with Crippen LogP contribution >= 0.6 is 0 Å². The van der Waals surface area contributed by atoms with Crippen molar-refractivity contribution in [2.45, 2.75) is 13.8 Å². The third kappa shape index (κ3) is 4.61. The molecule has 8 nitrogen and oxygen atoms in total. The SMILES string of the molecule is Cc1cnc(Oc2nc(-c3cncc(C#N)c3)ccc2NS(C)(=O)=O)c(C)c1. The highest BCUT2D eigenvalue weighted by Gasteiger charge is 2.15. The maximum atomic E-state index is 11.7. The fraction of sp³-hybridized carbons (Fsp3) is 0.158. The fourth-order valence-electron chi connectivity index (χ4n) is 2.50. The summed E-state index contributed by atoms with van der Waals surface area (Å²) in [6.07, 6.45) is 5.70. The van der Waals surface area contributed by atoms with Crippen molar-refractivity contribution in [2.24, 2.45) is 0 Å². The lowest BCUT2D eigenvalue weighted by atomic mass is 10.1. The Labute approximate surface area is 162 Å². The summed E-state index contributed by atoms with van der Waals surface area (Å²) in [5.41, 5.74) is 3.39. The van der Waals surface area contributed by atoms with Gasteiger partial charge in [-0.15, -0.1) is 0 Å². The monoisotopic (exact) mass is 395 g/mol. The molecular formula is C19H17N5O3S. The second kappa shape index (κ2) is 7.62. The molecule has 0 aliphatic heterocycles. The number of nitriles is 1. The van der Waals surface area contributed by atoms with Gasteiger partial charge in [0.25, 0.3) is 0 Å². The van der Waals surface area contributed by atoms with Gasteiger partial charge in [-0.25, -0.2) is 18.4 Å². The molecule has 0 bridgehead atoms. The molecule has 28 heavy (non-hydrogen) atoms. The number of pyridine rings is 3. The number of hydrogen-bond acceptors (Lipinski definition) is 7. The van der Waals surface area contributed by atoms with Crippen molar-refractivity contribution in [3.05, 3.63) is 59.5 Å². The lowest BCUT2D eigenvalue weighted by Gasteiger charge is -2.13. The molecule has 1 N–H and O–H groups in total. The molecule has 0 fully saturated rings. The normalized spacial score (nSPS) is 10.9. The van der Waals surface area contributed by atoms with Gasteiger partial charge in [-0.3, -0.25) is 9.71 Å². The predicted molar refractivity (Wildman–Crippen MR) is 104 cm³/mol. The van der Waals surface area contributed by atoms with Crippen LogP contribution < -0.4 is 9.46 Å². The number of nitrogens with one attached hydrogen (secondary N) is 1. The molecule has 9 heteroatoms. The minimum absolute atomic E-state index is 0.0461. The summed E-state index contributed by atoms with van der Waals surface area (Å²) in [7, 11) is -3.54. The van der Waals surface area contributed by atoms with Crippen LogP contribution in [0.2, 0.25) is 0 Å². The molecule has 0 spiro atoms. The van der Waals surface area contributed by atoms with Crippen molar-refractivity contribution in [3.63, 3.8) is 0 Å². The molecule has 0 atom stereocenters. The summed E-state index contributed by atoms with van der Waals surface area (Å²) >= 11 is 0. The molecule has 3 aromatic heterocycles. The zero-order valence-corrected chi connectivity index (χ0v) is 16.3. The number of rotatable bonds is 5. The van der Waals surface area contributed by atoms with Crippen molar-refractivity contribution in [2.75, 3.05) is 11.0 Å². The van der Waals surface area contributed by atoms with E-state index in [1.54, 1.807) is 30.6 Å². The van der Waals surface area contributed by atoms with Gasteiger partial charge in [-0.1, -0.05) is 0 Å². The highest BCUT2D eigenvalue weighted by Crippen LogP contribution is 2.32. The standard InChI is InChI=1S/C19H17N5O3S/c1-12-6-13(2)18(22-9-12)27-19-17(24-28(3,25)26)5-4-16(23-19)15-7-14(8-20)10-21-11-15/h4-7,9-11,24H,1-3H3. The molecule has 3 heterocycles. The molecule has 3 rings (SSSR count). The first kappa shape index (κ1) is 19.3. The predicted octanol–water partition coefficient (Wildman–Crippen LogP) is 3.19. The van der Waals surface area contributed by atoms with Crippen LogP contribution in [0.1, 0.15) is 16.7 Å². The van der Waals surface area contributed by atoms with Crippen molar-refractivity contribution in [1.29, 1.82) is 5.26 Å². The van der Waals surface area contributed by atoms with Gasteiger partial charge in [0.2, 0.25) is 21.8 Å². The summed E-state index contributed by atoms with van der Waals surface area (Å²) in [5.74, 6) is 0.362. The average molecular weight is 395 g/mol. The van der Waals surface area contributed by atoms with Gasteiger partial charge in [0.15, 0.2) is 0 Å². The number of sulfonamides is 1. The van der Waals surface area contributed by atoms with Crippen LogP contribution in [0.15, 0.2) is 42.9 Å². The molecule has 3 aromatic rings. The highest BCUT2D eigenvalue weighted by molar-refractivity contribution is 7.92. The van der Waals surface area contributed by atoms with Crippen LogP contribution in [0.25, 0.3) is 11.3 Å². The van der Waals surface area contributed by atoms with Crippen LogP contribution in [-0.2, 0) is 10.0 Å². The van der Waals surface area contributed by atoms with Gasteiger partial charge < -0.3 is 4.74 Å². The Balaban J connectivity index is 2.08. The molecule has 0 saturated carbocycles. The minimum Gasteiger partial charge on any atom is -0.418 e. The van der Waals surface area contributed by atoms with Crippen molar-refractivity contribution in [1.82, 2.24) is 15.0 Å². The van der Waals surface area contributed by atoms with Crippen molar-refractivity contribution in [3.8, 4) is 29.1 Å². The molecule has 0 amide bonds. The van der Waals surface area contributed by atoms with Gasteiger partial charge in [0.05, 0.1) is 17.5 Å². The summed E-state index contributed by atoms with van der Waals surface area (Å²) in [6, 6.07) is 8.72. The third-order valence-corrected chi connectivity index (χ3v) is 4.27. The first-order valence-corrected chi connectivity index (χ1v) is 10.1. The average Bonchev–Trinajstić information content (AvgIpc) is 2.64. The van der Waals surface area contributed by atoms with Gasteiger partial charge in [0.1, 0.15) is 11.8 Å². The highest BCUT2D eigenvalue weighted by atomic mass is 32.2. The van der Waals surface area contributed by atoms with Gasteiger partial charge in [0, 0.05) is 29.7 Å². The lowest BCUT2D eigenvalue weighted by Crippen LogP contribution is -2.11. The topological polar surface area (TPSA) is 118 Å². The summed E-state index contributed by atoms with van der Waals surface area (Å²) in [4.78, 5) is 12.7. The lowest BCUT2D eigenvalue weighted by molar-refractivity contribution is 0.443. The maximum absolute atomic E-state index is 11.7. The van der Waals surface area contributed by atoms with E-state index in [1.165, 1.54) is 6.20 Å². The van der Waals surface area contributed by atoms with Crippen LogP contribution in [0, 0.1) is 25.2 Å². The van der Waals surface area contributed by atoms with Gasteiger partial charge >= 0.3 is 0 Å². The molecule has 142 valence electrons. The van der Waals surface area contributed by atoms with E-state index in [9.17, 15) is 8.42 Å². The largest absolute Gasteiger partial charge is 0.418 e. The van der Waals surface area contributed by atoms with E-state index in [-0.39, 0.29) is 11.6 Å². The zero-order valence-electron chi connectivity index (χ0n) is 15.5. The van der Waals surface area contributed by atoms with Crippen LogP contribution in [0.4, 0.5) is 5.69 Å². The minimum atomic E-state index is -3.54. The van der Waals surface area contributed by atoms with Crippen LogP contribution in [-0.4, -0.2) is 29.6 Å². The number of hydrogen-bond donors (Lipinski definition) is 1. The molecule has 0 aliphatic rings.